The Morgan fingerprint density at radius 2 is 0.836 bits per heavy atom. The van der Waals surface area contributed by atoms with E-state index in [1.54, 1.807) is 0 Å². The number of benzene rings is 11. The largest absolute Gasteiger partial charge is 0.457 e. The molecule has 14 rings (SSSR count). The highest BCUT2D eigenvalue weighted by Gasteiger charge is 2.51. The minimum absolute atomic E-state index is 0.605. The summed E-state index contributed by atoms with van der Waals surface area (Å²) >= 11 is 0. The third-order valence-electron chi connectivity index (χ3n) is 14.1. The van der Waals surface area contributed by atoms with Gasteiger partial charge < -0.3 is 19.0 Å². The molecular weight excluding hydrogens is 817 g/mol. The average Bonchev–Trinajstić information content (AvgIpc) is 3.90. The number of hydrogen-bond acceptors (Lipinski definition) is 4. The summed E-state index contributed by atoms with van der Waals surface area (Å²) < 4.78 is 13.1. The Balaban J connectivity index is 0.989. The maximum atomic E-state index is 6.69. The van der Waals surface area contributed by atoms with Crippen LogP contribution in [-0.2, 0) is 5.41 Å². The number of rotatable bonds is 6. The number of ether oxygens (including phenoxy) is 1. The first-order valence-electron chi connectivity index (χ1n) is 22.9. The van der Waals surface area contributed by atoms with Crippen molar-refractivity contribution in [1.82, 2.24) is 0 Å². The van der Waals surface area contributed by atoms with Gasteiger partial charge in [-0.05, 0) is 129 Å². The average molecular weight is 857 g/mol. The number of anilines is 6. The standard InChI is InChI=1S/C63H40N2O2/c1-2-16-43-38-46(29-28-41(43)14-1)65(58-24-13-17-42-15-3-4-18-49(42)58)45-32-30-44(31-33-45)64(47-35-37-60-53(39-47)52-20-6-10-25-59(52)66-60)48-34-36-51-50-19-5-7-21-54(50)63(57(51)40-48)55-22-8-11-26-61(55)67-62-27-12-9-23-56(62)63/h1-40H. The van der Waals surface area contributed by atoms with Crippen LogP contribution in [0.15, 0.2) is 247 Å². The lowest BCUT2D eigenvalue weighted by Crippen LogP contribution is -2.32. The monoisotopic (exact) mass is 856 g/mol. The van der Waals surface area contributed by atoms with Crippen LogP contribution in [0.2, 0.25) is 0 Å². The molecule has 1 aliphatic heterocycles. The Labute approximate surface area is 387 Å². The van der Waals surface area contributed by atoms with Crippen LogP contribution in [0.1, 0.15) is 22.3 Å². The molecule has 4 heteroatoms. The van der Waals surface area contributed by atoms with E-state index in [-0.39, 0.29) is 0 Å². The smallest absolute Gasteiger partial charge is 0.135 e. The van der Waals surface area contributed by atoms with E-state index < -0.39 is 5.41 Å². The highest BCUT2D eigenvalue weighted by molar-refractivity contribution is 6.07. The molecule has 0 N–H and O–H groups in total. The van der Waals surface area contributed by atoms with Crippen molar-refractivity contribution < 1.29 is 9.15 Å². The van der Waals surface area contributed by atoms with E-state index in [0.29, 0.717) is 0 Å². The van der Waals surface area contributed by atoms with Crippen LogP contribution in [0, 0.1) is 0 Å². The molecule has 1 spiro atoms. The van der Waals surface area contributed by atoms with Gasteiger partial charge in [-0.15, -0.1) is 0 Å². The van der Waals surface area contributed by atoms with E-state index in [1.807, 2.05) is 12.1 Å². The Bertz CT molecular complexity index is 3890. The molecule has 4 nitrogen and oxygen atoms in total. The van der Waals surface area contributed by atoms with Gasteiger partial charge in [-0.25, -0.2) is 0 Å². The zero-order chi connectivity index (χ0) is 44.1. The molecule has 2 heterocycles. The second-order valence-electron chi connectivity index (χ2n) is 17.6. The quantitative estimate of drug-likeness (QED) is 0.167. The summed E-state index contributed by atoms with van der Waals surface area (Å²) in [7, 11) is 0. The molecule has 0 amide bonds. The fraction of sp³-hybridized carbons (Fsp3) is 0.0159. The van der Waals surface area contributed by atoms with Crippen molar-refractivity contribution in [2.75, 3.05) is 9.80 Å². The van der Waals surface area contributed by atoms with Gasteiger partial charge in [0.05, 0.1) is 11.1 Å². The van der Waals surface area contributed by atoms with Crippen molar-refractivity contribution in [3.8, 4) is 22.6 Å². The predicted octanol–water partition coefficient (Wildman–Crippen LogP) is 17.3. The van der Waals surface area contributed by atoms with Gasteiger partial charge in [-0.2, -0.15) is 0 Å². The summed E-state index contributed by atoms with van der Waals surface area (Å²) in [6, 6.07) is 87.6. The lowest BCUT2D eigenvalue weighted by atomic mass is 9.66. The second kappa shape index (κ2) is 14.6. The van der Waals surface area contributed by atoms with Crippen LogP contribution >= 0.6 is 0 Å². The van der Waals surface area contributed by atoms with Crippen molar-refractivity contribution in [1.29, 1.82) is 0 Å². The van der Waals surface area contributed by atoms with E-state index in [2.05, 4.69) is 240 Å². The van der Waals surface area contributed by atoms with Crippen molar-refractivity contribution >= 4 is 77.6 Å². The van der Waals surface area contributed by atoms with E-state index in [0.717, 1.165) is 78.7 Å². The normalized spacial score (nSPS) is 13.0. The maximum Gasteiger partial charge on any atom is 0.135 e. The molecule has 0 atom stereocenters. The second-order valence-corrected chi connectivity index (χ2v) is 17.6. The summed E-state index contributed by atoms with van der Waals surface area (Å²) in [5, 5.41) is 6.96. The van der Waals surface area contributed by atoms with Crippen molar-refractivity contribution in [2.24, 2.45) is 0 Å². The number of furan rings is 1. The summed E-state index contributed by atoms with van der Waals surface area (Å²) in [5.74, 6) is 1.75. The Hall–Kier alpha value is -8.86. The number of fused-ring (bicyclic) bond motifs is 14. The van der Waals surface area contributed by atoms with Gasteiger partial charge in [0.25, 0.3) is 0 Å². The number of para-hydroxylation sites is 3. The molecule has 0 radical (unpaired) electrons. The molecule has 1 aliphatic carbocycles. The van der Waals surface area contributed by atoms with Gasteiger partial charge in [0.1, 0.15) is 22.7 Å². The molecule has 0 unspecified atom stereocenters. The number of hydrogen-bond donors (Lipinski definition) is 0. The van der Waals surface area contributed by atoms with E-state index in [4.69, 9.17) is 9.15 Å². The minimum Gasteiger partial charge on any atom is -0.457 e. The van der Waals surface area contributed by atoms with E-state index in [1.165, 1.54) is 43.8 Å². The van der Waals surface area contributed by atoms with Crippen LogP contribution < -0.4 is 14.5 Å². The Morgan fingerprint density at radius 1 is 0.299 bits per heavy atom. The molecule has 0 bridgehead atoms. The van der Waals surface area contributed by atoms with Gasteiger partial charge in [-0.3, -0.25) is 0 Å². The Kier molecular flexibility index (Phi) is 8.16. The topological polar surface area (TPSA) is 28.9 Å². The third kappa shape index (κ3) is 5.60. The zero-order valence-corrected chi connectivity index (χ0v) is 36.3. The lowest BCUT2D eigenvalue weighted by Gasteiger charge is -2.39. The summed E-state index contributed by atoms with van der Waals surface area (Å²) in [6.45, 7) is 0. The molecule has 0 fully saturated rings. The van der Waals surface area contributed by atoms with Crippen molar-refractivity contribution in [3.05, 3.63) is 265 Å². The molecule has 0 saturated carbocycles. The first-order valence-corrected chi connectivity index (χ1v) is 22.9. The third-order valence-corrected chi connectivity index (χ3v) is 14.1. The van der Waals surface area contributed by atoms with E-state index >= 15 is 0 Å². The van der Waals surface area contributed by atoms with Crippen molar-refractivity contribution in [3.63, 3.8) is 0 Å². The van der Waals surface area contributed by atoms with Crippen LogP contribution in [0.4, 0.5) is 34.1 Å². The van der Waals surface area contributed by atoms with Gasteiger partial charge >= 0.3 is 0 Å². The van der Waals surface area contributed by atoms with Crippen molar-refractivity contribution in [2.45, 2.75) is 5.41 Å². The maximum absolute atomic E-state index is 6.69. The van der Waals surface area contributed by atoms with Crippen LogP contribution in [-0.4, -0.2) is 0 Å². The zero-order valence-electron chi connectivity index (χ0n) is 36.3. The number of nitrogens with zero attached hydrogens (tertiary/aromatic N) is 2. The van der Waals surface area contributed by atoms with Gasteiger partial charge in [0.15, 0.2) is 0 Å². The van der Waals surface area contributed by atoms with Crippen LogP contribution in [0.5, 0.6) is 11.5 Å². The lowest BCUT2D eigenvalue weighted by molar-refractivity contribution is 0.436. The van der Waals surface area contributed by atoms with E-state index in [9.17, 15) is 0 Å². The van der Waals surface area contributed by atoms with Gasteiger partial charge in [0, 0.05) is 55.7 Å². The molecular formula is C63H40N2O2. The summed E-state index contributed by atoms with van der Waals surface area (Å²) in [6.07, 6.45) is 0. The first kappa shape index (κ1) is 37.5. The molecule has 1 aromatic heterocycles. The molecule has 67 heavy (non-hydrogen) atoms. The Morgan fingerprint density at radius 3 is 1.64 bits per heavy atom. The molecule has 12 aromatic rings. The molecule has 2 aliphatic rings. The summed E-state index contributed by atoms with van der Waals surface area (Å²) in [5.41, 5.74) is 14.7. The van der Waals surface area contributed by atoms with Crippen LogP contribution in [0.3, 0.4) is 0 Å². The van der Waals surface area contributed by atoms with Crippen LogP contribution in [0.25, 0.3) is 54.6 Å². The molecule has 314 valence electrons. The molecule has 0 saturated heterocycles. The molecule has 11 aromatic carbocycles. The fourth-order valence-electron chi connectivity index (χ4n) is 11.2. The van der Waals surface area contributed by atoms with Gasteiger partial charge in [0.2, 0.25) is 0 Å². The summed E-state index contributed by atoms with van der Waals surface area (Å²) in [4.78, 5) is 4.79. The highest BCUT2D eigenvalue weighted by Crippen LogP contribution is 2.62. The predicted molar refractivity (Wildman–Crippen MR) is 275 cm³/mol. The van der Waals surface area contributed by atoms with Gasteiger partial charge in [-0.1, -0.05) is 152 Å². The minimum atomic E-state index is -0.605. The first-order chi connectivity index (χ1) is 33.2. The SMILES string of the molecule is c1ccc2c(c1)Oc1ccccc1C21c2ccccc2-c2ccc(N(c3ccc(N(c4ccc5ccccc5c4)c4cccc5ccccc45)cc3)c3ccc4oc5ccccc5c4c3)cc21. The fourth-order valence-corrected chi connectivity index (χ4v) is 11.2. The highest BCUT2D eigenvalue weighted by atomic mass is 16.5.